The Kier molecular flexibility index (Phi) is 4.90. The van der Waals surface area contributed by atoms with E-state index in [2.05, 4.69) is 20.0 Å². The van der Waals surface area contributed by atoms with Crippen molar-refractivity contribution in [3.8, 4) is 5.75 Å². The molecule has 0 saturated carbocycles. The molecule has 0 fully saturated rings. The van der Waals surface area contributed by atoms with Crippen molar-refractivity contribution in [2.45, 2.75) is 40.3 Å². The van der Waals surface area contributed by atoms with Gasteiger partial charge in [-0.1, -0.05) is 12.1 Å². The minimum absolute atomic E-state index is 0.601. The lowest BCUT2D eigenvalue weighted by atomic mass is 10.1. The number of ether oxygens (including phenoxy) is 1. The number of aryl methyl sites for hydroxylation is 2. The molecule has 2 heterocycles. The molecule has 21 heavy (non-hydrogen) atoms. The first-order chi connectivity index (χ1) is 10.0. The van der Waals surface area contributed by atoms with Crippen LogP contribution in [0, 0.1) is 13.8 Å². The van der Waals surface area contributed by atoms with E-state index in [4.69, 9.17) is 9.26 Å². The molecule has 0 aliphatic rings. The van der Waals surface area contributed by atoms with E-state index in [0.29, 0.717) is 19.0 Å². The van der Waals surface area contributed by atoms with Gasteiger partial charge in [-0.15, -0.1) is 0 Å². The van der Waals surface area contributed by atoms with E-state index in [9.17, 15) is 0 Å². The van der Waals surface area contributed by atoms with Crippen molar-refractivity contribution in [2.24, 2.45) is 0 Å². The molecule has 0 radical (unpaired) electrons. The van der Waals surface area contributed by atoms with Crippen LogP contribution in [0.4, 0.5) is 0 Å². The van der Waals surface area contributed by atoms with E-state index in [1.54, 1.807) is 7.11 Å². The van der Waals surface area contributed by atoms with Crippen molar-refractivity contribution < 1.29 is 9.26 Å². The molecule has 6 heteroatoms. The van der Waals surface area contributed by atoms with Gasteiger partial charge < -0.3 is 9.26 Å². The Labute approximate surface area is 125 Å². The van der Waals surface area contributed by atoms with Crippen LogP contribution in [-0.4, -0.2) is 34.2 Å². The smallest absolute Gasteiger partial charge is 0.240 e. The summed E-state index contributed by atoms with van der Waals surface area (Å²) in [4.78, 5) is 10.9. The lowest BCUT2D eigenvalue weighted by Gasteiger charge is -2.17. The van der Waals surface area contributed by atoms with E-state index >= 15 is 0 Å². The van der Waals surface area contributed by atoms with Crippen LogP contribution >= 0.6 is 0 Å². The molecule has 0 unspecified atom stereocenters. The molecule has 6 nitrogen and oxygen atoms in total. The van der Waals surface area contributed by atoms with Crippen molar-refractivity contribution in [1.82, 2.24) is 20.0 Å². The van der Waals surface area contributed by atoms with Crippen LogP contribution in [0.5, 0.6) is 5.75 Å². The van der Waals surface area contributed by atoms with Crippen LogP contribution < -0.4 is 4.74 Å². The lowest BCUT2D eigenvalue weighted by molar-refractivity contribution is 0.257. The van der Waals surface area contributed by atoms with E-state index in [1.165, 1.54) is 0 Å². The first-order valence-electron chi connectivity index (χ1n) is 7.04. The monoisotopic (exact) mass is 290 g/mol. The summed E-state index contributed by atoms with van der Waals surface area (Å²) in [5, 5.41) is 3.90. The molecule has 0 aliphatic carbocycles. The molecule has 0 spiro atoms. The first kappa shape index (κ1) is 15.4. The van der Waals surface area contributed by atoms with Gasteiger partial charge in [0.25, 0.3) is 0 Å². The Bertz CT molecular complexity index is 610. The van der Waals surface area contributed by atoms with E-state index in [-0.39, 0.29) is 0 Å². The van der Waals surface area contributed by atoms with Crippen LogP contribution in [0.3, 0.4) is 0 Å². The maximum atomic E-state index is 5.43. The molecule has 0 bridgehead atoms. The Morgan fingerprint density at radius 3 is 2.67 bits per heavy atom. The molecule has 0 aliphatic heterocycles. The van der Waals surface area contributed by atoms with Crippen LogP contribution in [-0.2, 0) is 19.5 Å². The number of nitrogens with zero attached hydrogens (tertiary/aromatic N) is 4. The van der Waals surface area contributed by atoms with Gasteiger partial charge in [-0.3, -0.25) is 9.88 Å². The van der Waals surface area contributed by atoms with Gasteiger partial charge in [-0.25, -0.2) is 0 Å². The fraction of sp³-hybridized carbons (Fsp3) is 0.533. The van der Waals surface area contributed by atoms with Gasteiger partial charge >= 0.3 is 0 Å². The largest absolute Gasteiger partial charge is 0.496 e. The molecular weight excluding hydrogens is 268 g/mol. The predicted molar refractivity (Wildman–Crippen MR) is 79.1 cm³/mol. The number of pyridine rings is 1. The van der Waals surface area contributed by atoms with Gasteiger partial charge in [0.15, 0.2) is 5.82 Å². The fourth-order valence-corrected chi connectivity index (χ4v) is 2.27. The highest BCUT2D eigenvalue weighted by Gasteiger charge is 2.13. The number of methoxy groups -OCH3 is 1. The molecule has 0 aromatic carbocycles. The standard InChI is InChI=1S/C15H22N4O2/c1-6-13-17-14(21-18-13)9-19(4)8-12-11(3)15(20-5)10(2)7-16-12/h7H,6,8-9H2,1-5H3. The number of aromatic nitrogens is 3. The average Bonchev–Trinajstić information content (AvgIpc) is 2.90. The van der Waals surface area contributed by atoms with Crippen molar-refractivity contribution in [1.29, 1.82) is 0 Å². The normalized spacial score (nSPS) is 11.1. The van der Waals surface area contributed by atoms with Crippen LogP contribution in [0.25, 0.3) is 0 Å². The van der Waals surface area contributed by atoms with E-state index in [1.807, 2.05) is 34.0 Å². The molecule has 114 valence electrons. The van der Waals surface area contributed by atoms with Crippen molar-refractivity contribution in [3.05, 3.63) is 34.7 Å². The Morgan fingerprint density at radius 2 is 2.05 bits per heavy atom. The van der Waals surface area contributed by atoms with Gasteiger partial charge in [0.05, 0.1) is 19.3 Å². The molecule has 0 amide bonds. The Hall–Kier alpha value is -1.95. The second kappa shape index (κ2) is 6.67. The predicted octanol–water partition coefficient (Wildman–Crippen LogP) is 2.28. The zero-order chi connectivity index (χ0) is 15.4. The molecule has 0 atom stereocenters. The van der Waals surface area contributed by atoms with Crippen molar-refractivity contribution in [3.63, 3.8) is 0 Å². The number of hydrogen-bond donors (Lipinski definition) is 0. The van der Waals surface area contributed by atoms with Crippen molar-refractivity contribution >= 4 is 0 Å². The van der Waals surface area contributed by atoms with E-state index < -0.39 is 0 Å². The third kappa shape index (κ3) is 3.58. The maximum absolute atomic E-state index is 5.43. The molecule has 2 aromatic heterocycles. The maximum Gasteiger partial charge on any atom is 0.240 e. The lowest BCUT2D eigenvalue weighted by Crippen LogP contribution is -2.19. The number of rotatable bonds is 6. The zero-order valence-corrected chi connectivity index (χ0v) is 13.3. The van der Waals surface area contributed by atoms with Gasteiger partial charge in [0.1, 0.15) is 5.75 Å². The Morgan fingerprint density at radius 1 is 1.29 bits per heavy atom. The topological polar surface area (TPSA) is 64.3 Å². The van der Waals surface area contributed by atoms with E-state index in [0.717, 1.165) is 34.8 Å². The van der Waals surface area contributed by atoms with Gasteiger partial charge in [0, 0.05) is 30.3 Å². The summed E-state index contributed by atoms with van der Waals surface area (Å²) in [6.07, 6.45) is 2.62. The fourth-order valence-electron chi connectivity index (χ4n) is 2.27. The Balaban J connectivity index is 2.07. The summed E-state index contributed by atoms with van der Waals surface area (Å²) in [5.74, 6) is 2.27. The second-order valence-electron chi connectivity index (χ2n) is 5.18. The molecule has 0 N–H and O–H groups in total. The van der Waals surface area contributed by atoms with Crippen LogP contribution in [0.1, 0.15) is 35.5 Å². The summed E-state index contributed by atoms with van der Waals surface area (Å²) in [6, 6.07) is 0. The summed E-state index contributed by atoms with van der Waals surface area (Å²) in [7, 11) is 3.69. The highest BCUT2D eigenvalue weighted by molar-refractivity contribution is 5.40. The molecule has 2 aromatic rings. The third-order valence-corrected chi connectivity index (χ3v) is 3.40. The van der Waals surface area contributed by atoms with Crippen LogP contribution in [0.2, 0.25) is 0 Å². The van der Waals surface area contributed by atoms with Gasteiger partial charge in [-0.05, 0) is 20.9 Å². The average molecular weight is 290 g/mol. The first-order valence-corrected chi connectivity index (χ1v) is 7.04. The second-order valence-corrected chi connectivity index (χ2v) is 5.18. The highest BCUT2D eigenvalue weighted by atomic mass is 16.5. The van der Waals surface area contributed by atoms with Crippen LogP contribution in [0.15, 0.2) is 10.7 Å². The van der Waals surface area contributed by atoms with Crippen molar-refractivity contribution in [2.75, 3.05) is 14.2 Å². The summed E-state index contributed by atoms with van der Waals surface area (Å²) in [6.45, 7) is 7.34. The molecular formula is C15H22N4O2. The summed E-state index contributed by atoms with van der Waals surface area (Å²) < 4.78 is 10.6. The zero-order valence-electron chi connectivity index (χ0n) is 13.3. The summed E-state index contributed by atoms with van der Waals surface area (Å²) in [5.41, 5.74) is 3.12. The van der Waals surface area contributed by atoms with Gasteiger partial charge in [-0.2, -0.15) is 4.98 Å². The number of hydrogen-bond acceptors (Lipinski definition) is 6. The highest BCUT2D eigenvalue weighted by Crippen LogP contribution is 2.24. The minimum atomic E-state index is 0.601. The minimum Gasteiger partial charge on any atom is -0.496 e. The quantitative estimate of drug-likeness (QED) is 0.813. The molecule has 0 saturated heterocycles. The third-order valence-electron chi connectivity index (χ3n) is 3.40. The SMILES string of the molecule is CCc1noc(CN(C)Cc2ncc(C)c(OC)c2C)n1. The molecule has 2 rings (SSSR count). The van der Waals surface area contributed by atoms with Gasteiger partial charge in [0.2, 0.25) is 5.89 Å². The summed E-state index contributed by atoms with van der Waals surface area (Å²) >= 11 is 0.